The predicted octanol–water partition coefficient (Wildman–Crippen LogP) is 0.0700. The van der Waals surface area contributed by atoms with Gasteiger partial charge >= 0.3 is 5.97 Å². The number of carbonyl (C=O) groups is 1. The summed E-state index contributed by atoms with van der Waals surface area (Å²) in [4.78, 5) is 11.5. The largest absolute Gasteiger partial charge is 0.463 e. The number of rotatable bonds is 7. The van der Waals surface area contributed by atoms with Gasteiger partial charge in [-0.25, -0.2) is 0 Å². The van der Waals surface area contributed by atoms with Crippen molar-refractivity contribution in [1.29, 1.82) is 0 Å². The van der Waals surface area contributed by atoms with E-state index in [1.807, 2.05) is 6.92 Å². The van der Waals surface area contributed by atoms with Crippen LogP contribution in [0.5, 0.6) is 0 Å². The molecular formula is C11H22O5. The van der Waals surface area contributed by atoms with Crippen LogP contribution in [0.4, 0.5) is 0 Å². The maximum Gasteiger partial charge on any atom is 0.311 e. The Morgan fingerprint density at radius 3 is 2.31 bits per heavy atom. The summed E-state index contributed by atoms with van der Waals surface area (Å²) in [5.41, 5.74) is -0.560. The third kappa shape index (κ3) is 5.44. The second kappa shape index (κ2) is 6.83. The summed E-state index contributed by atoms with van der Waals surface area (Å²) >= 11 is 0. The summed E-state index contributed by atoms with van der Waals surface area (Å²) < 4.78 is 4.92. The molecular weight excluding hydrogens is 212 g/mol. The van der Waals surface area contributed by atoms with Crippen LogP contribution in [0, 0.1) is 5.41 Å². The zero-order valence-corrected chi connectivity index (χ0v) is 10.1. The number of aliphatic hydroxyl groups is 3. The van der Waals surface area contributed by atoms with Gasteiger partial charge in [0.1, 0.15) is 6.61 Å². The summed E-state index contributed by atoms with van der Waals surface area (Å²) in [6.45, 7) is 4.85. The van der Waals surface area contributed by atoms with Gasteiger partial charge in [0, 0.05) is 6.42 Å². The van der Waals surface area contributed by atoms with E-state index in [0.29, 0.717) is 6.42 Å². The third-order valence-corrected chi connectivity index (χ3v) is 2.60. The van der Waals surface area contributed by atoms with Crippen molar-refractivity contribution in [3.8, 4) is 0 Å². The normalized spacial score (nSPS) is 15.6. The molecule has 3 N–H and O–H groups in total. The first-order valence-corrected chi connectivity index (χ1v) is 5.47. The van der Waals surface area contributed by atoms with Gasteiger partial charge in [0.05, 0.1) is 24.2 Å². The van der Waals surface area contributed by atoms with Crippen LogP contribution < -0.4 is 0 Å². The molecule has 0 aromatic rings. The first kappa shape index (κ1) is 15.3. The van der Waals surface area contributed by atoms with Gasteiger partial charge in [-0.2, -0.15) is 0 Å². The number of hydrogen-bond acceptors (Lipinski definition) is 5. The van der Waals surface area contributed by atoms with Gasteiger partial charge < -0.3 is 20.1 Å². The molecule has 0 rings (SSSR count). The Morgan fingerprint density at radius 2 is 1.88 bits per heavy atom. The molecule has 0 aliphatic rings. The second-order valence-corrected chi connectivity index (χ2v) is 4.56. The lowest BCUT2D eigenvalue weighted by Gasteiger charge is -2.22. The molecule has 0 radical (unpaired) electrons. The highest BCUT2D eigenvalue weighted by atomic mass is 16.5. The molecule has 0 heterocycles. The van der Waals surface area contributed by atoms with Crippen molar-refractivity contribution in [2.24, 2.45) is 5.41 Å². The van der Waals surface area contributed by atoms with Gasteiger partial charge in [0.15, 0.2) is 0 Å². The molecule has 0 spiro atoms. The van der Waals surface area contributed by atoms with E-state index < -0.39 is 24.2 Å². The smallest absolute Gasteiger partial charge is 0.311 e. The van der Waals surface area contributed by atoms with Gasteiger partial charge in [-0.1, -0.05) is 6.92 Å². The Hall–Kier alpha value is -0.650. The lowest BCUT2D eigenvalue weighted by molar-refractivity contribution is -0.157. The summed E-state index contributed by atoms with van der Waals surface area (Å²) in [7, 11) is 0. The van der Waals surface area contributed by atoms with E-state index in [1.54, 1.807) is 13.8 Å². The van der Waals surface area contributed by atoms with Crippen molar-refractivity contribution in [3.63, 3.8) is 0 Å². The Bertz CT molecular complexity index is 214. The first-order valence-electron chi connectivity index (χ1n) is 5.47. The maximum atomic E-state index is 11.5. The van der Waals surface area contributed by atoms with E-state index in [4.69, 9.17) is 14.9 Å². The average Bonchev–Trinajstić information content (AvgIpc) is 2.25. The summed E-state index contributed by atoms with van der Waals surface area (Å²) in [6.07, 6.45) is -1.27. The maximum absolute atomic E-state index is 11.5. The minimum atomic E-state index is -0.979. The van der Waals surface area contributed by atoms with Crippen LogP contribution in [0.15, 0.2) is 0 Å². The molecule has 0 fully saturated rings. The Balaban J connectivity index is 3.92. The molecule has 0 saturated heterocycles. The Kier molecular flexibility index (Phi) is 6.55. The fraction of sp³-hybridized carbons (Fsp3) is 0.909. The highest BCUT2D eigenvalue weighted by Gasteiger charge is 2.27. The van der Waals surface area contributed by atoms with Gasteiger partial charge in [-0.15, -0.1) is 0 Å². The van der Waals surface area contributed by atoms with Crippen molar-refractivity contribution in [1.82, 2.24) is 0 Å². The van der Waals surface area contributed by atoms with Crippen LogP contribution in [-0.2, 0) is 9.53 Å². The molecule has 0 aliphatic carbocycles. The van der Waals surface area contributed by atoms with E-state index in [9.17, 15) is 9.90 Å². The van der Waals surface area contributed by atoms with E-state index in [2.05, 4.69) is 0 Å². The Morgan fingerprint density at radius 1 is 1.31 bits per heavy atom. The minimum Gasteiger partial charge on any atom is -0.463 e. The molecule has 0 bridgehead atoms. The average molecular weight is 234 g/mol. The monoisotopic (exact) mass is 234 g/mol. The zero-order valence-electron chi connectivity index (χ0n) is 10.1. The summed E-state index contributed by atoms with van der Waals surface area (Å²) in [5.74, 6) is -0.368. The second-order valence-electron chi connectivity index (χ2n) is 4.56. The summed E-state index contributed by atoms with van der Waals surface area (Å²) in [6, 6.07) is 0. The number of hydrogen-bond donors (Lipinski definition) is 3. The van der Waals surface area contributed by atoms with Gasteiger partial charge in [-0.3, -0.25) is 4.79 Å². The zero-order chi connectivity index (χ0) is 12.8. The van der Waals surface area contributed by atoms with Crippen molar-refractivity contribution < 1.29 is 24.9 Å². The number of ether oxygens (including phenoxy) is 1. The molecule has 5 nitrogen and oxygen atoms in total. The van der Waals surface area contributed by atoms with Crippen LogP contribution in [0.2, 0.25) is 0 Å². The van der Waals surface area contributed by atoms with Crippen LogP contribution >= 0.6 is 0 Å². The fourth-order valence-corrected chi connectivity index (χ4v) is 0.968. The molecule has 0 amide bonds. The lowest BCUT2D eigenvalue weighted by atomic mass is 9.91. The number of esters is 1. The van der Waals surface area contributed by atoms with Crippen molar-refractivity contribution in [2.75, 3.05) is 13.2 Å². The molecule has 0 saturated carbocycles. The molecule has 2 unspecified atom stereocenters. The highest BCUT2D eigenvalue weighted by molar-refractivity contribution is 5.75. The van der Waals surface area contributed by atoms with Crippen molar-refractivity contribution >= 4 is 5.97 Å². The molecule has 5 heteroatoms. The predicted molar refractivity (Wildman–Crippen MR) is 58.7 cm³/mol. The van der Waals surface area contributed by atoms with Crippen LogP contribution in [-0.4, -0.2) is 46.7 Å². The van der Waals surface area contributed by atoms with Crippen LogP contribution in [0.1, 0.15) is 33.6 Å². The number of aliphatic hydroxyl groups excluding tert-OH is 3. The van der Waals surface area contributed by atoms with E-state index in [0.717, 1.165) is 0 Å². The lowest BCUT2D eigenvalue weighted by Crippen LogP contribution is -2.31. The van der Waals surface area contributed by atoms with Crippen molar-refractivity contribution in [2.45, 2.75) is 45.8 Å². The first-order chi connectivity index (χ1) is 7.33. The van der Waals surface area contributed by atoms with Gasteiger partial charge in [0.25, 0.3) is 0 Å². The molecule has 96 valence electrons. The van der Waals surface area contributed by atoms with Crippen molar-refractivity contribution in [3.05, 3.63) is 0 Å². The third-order valence-electron chi connectivity index (χ3n) is 2.60. The molecule has 0 aromatic carbocycles. The van der Waals surface area contributed by atoms with E-state index in [1.165, 1.54) is 0 Å². The van der Waals surface area contributed by atoms with Crippen LogP contribution in [0.25, 0.3) is 0 Å². The topological polar surface area (TPSA) is 87.0 Å². The van der Waals surface area contributed by atoms with Gasteiger partial charge in [-0.05, 0) is 20.3 Å². The molecule has 2 atom stereocenters. The molecule has 0 aromatic heterocycles. The Labute approximate surface area is 96.0 Å². The fourth-order valence-electron chi connectivity index (χ4n) is 0.968. The van der Waals surface area contributed by atoms with E-state index in [-0.39, 0.29) is 19.0 Å². The summed E-state index contributed by atoms with van der Waals surface area (Å²) in [5, 5.41) is 27.0. The highest BCUT2D eigenvalue weighted by Crippen LogP contribution is 2.21. The quantitative estimate of drug-likeness (QED) is 0.543. The SMILES string of the molecule is CCC(C)(C)C(=O)OCC(O)CC(O)CO. The van der Waals surface area contributed by atoms with Gasteiger partial charge in [0.2, 0.25) is 0 Å². The number of carbonyl (C=O) groups excluding carboxylic acids is 1. The molecule has 16 heavy (non-hydrogen) atoms. The molecule has 0 aliphatic heterocycles. The van der Waals surface area contributed by atoms with Crippen LogP contribution in [0.3, 0.4) is 0 Å². The van der Waals surface area contributed by atoms with E-state index >= 15 is 0 Å². The standard InChI is InChI=1S/C11H22O5/c1-4-11(2,3)10(15)16-7-9(14)5-8(13)6-12/h8-9,12-14H,4-7H2,1-3H3. The minimum absolute atomic E-state index is 0.00364.